The van der Waals surface area contributed by atoms with Gasteiger partial charge >= 0.3 is 35.8 Å². The zero-order valence-electron chi connectivity index (χ0n) is 14.7. The van der Waals surface area contributed by atoms with Crippen molar-refractivity contribution in [1.82, 2.24) is 0 Å². The summed E-state index contributed by atoms with van der Waals surface area (Å²) in [6.45, 7) is 1.55. The summed E-state index contributed by atoms with van der Waals surface area (Å²) in [5, 5.41) is 9.62. The first-order valence-corrected chi connectivity index (χ1v) is 7.90. The molecular formula is C16H13F13O. The van der Waals surface area contributed by atoms with Crippen molar-refractivity contribution in [1.29, 1.82) is 0 Å². The highest BCUT2D eigenvalue weighted by Gasteiger charge is 2.90. The molecule has 14 heteroatoms. The van der Waals surface area contributed by atoms with Gasteiger partial charge in [0.1, 0.15) is 0 Å². The number of halogens is 13. The van der Waals surface area contributed by atoms with Crippen LogP contribution in [0, 0.1) is 0 Å². The predicted octanol–water partition coefficient (Wildman–Crippen LogP) is 6.41. The highest BCUT2D eigenvalue weighted by atomic mass is 19.4. The van der Waals surface area contributed by atoms with Gasteiger partial charge in [0.2, 0.25) is 0 Å². The Kier molecular flexibility index (Phi) is 6.80. The number of benzene rings is 1. The molecule has 1 atom stereocenters. The van der Waals surface area contributed by atoms with Crippen LogP contribution in [-0.4, -0.2) is 40.9 Å². The number of hydrogen-bond acceptors (Lipinski definition) is 1. The molecule has 1 unspecified atom stereocenters. The molecular weight excluding hydrogens is 455 g/mol. The van der Waals surface area contributed by atoms with Gasteiger partial charge in [-0.15, -0.1) is 0 Å². The molecule has 1 aromatic rings. The van der Waals surface area contributed by atoms with Gasteiger partial charge in [-0.1, -0.05) is 31.2 Å². The zero-order chi connectivity index (χ0) is 24.0. The van der Waals surface area contributed by atoms with Gasteiger partial charge in [0, 0.05) is 6.42 Å². The minimum absolute atomic E-state index is 0.254. The fourth-order valence-corrected chi connectivity index (χ4v) is 2.31. The van der Waals surface area contributed by atoms with Crippen molar-refractivity contribution in [2.75, 3.05) is 0 Å². The number of aliphatic hydroxyl groups is 1. The summed E-state index contributed by atoms with van der Waals surface area (Å²) < 4.78 is 170. The van der Waals surface area contributed by atoms with Crippen molar-refractivity contribution >= 4 is 0 Å². The van der Waals surface area contributed by atoms with Gasteiger partial charge in [0.25, 0.3) is 0 Å². The van der Waals surface area contributed by atoms with Crippen LogP contribution < -0.4 is 0 Å². The van der Waals surface area contributed by atoms with Crippen LogP contribution >= 0.6 is 0 Å². The van der Waals surface area contributed by atoms with E-state index in [0.717, 1.165) is 18.2 Å². The molecule has 0 aromatic heterocycles. The first-order valence-electron chi connectivity index (χ1n) is 7.90. The van der Waals surface area contributed by atoms with Gasteiger partial charge in [-0.05, 0) is 17.5 Å². The van der Waals surface area contributed by atoms with E-state index in [1.165, 1.54) is 6.07 Å². The minimum Gasteiger partial charge on any atom is -0.388 e. The molecule has 0 amide bonds. The molecule has 1 nitrogen and oxygen atoms in total. The first-order chi connectivity index (χ1) is 13.2. The highest BCUT2D eigenvalue weighted by molar-refractivity contribution is 5.25. The summed E-state index contributed by atoms with van der Waals surface area (Å²) in [6, 6.07) is 4.43. The average molecular weight is 468 g/mol. The van der Waals surface area contributed by atoms with E-state index in [9.17, 15) is 62.2 Å². The second-order valence-corrected chi connectivity index (χ2v) is 6.32. The Morgan fingerprint density at radius 1 is 0.733 bits per heavy atom. The molecule has 30 heavy (non-hydrogen) atoms. The number of aliphatic hydroxyl groups excluding tert-OH is 1. The van der Waals surface area contributed by atoms with E-state index >= 15 is 0 Å². The molecule has 0 heterocycles. The molecule has 0 saturated carbocycles. The molecule has 1 rings (SSSR count). The molecule has 1 aromatic carbocycles. The predicted molar refractivity (Wildman–Crippen MR) is 76.2 cm³/mol. The van der Waals surface area contributed by atoms with Crippen LogP contribution in [0.2, 0.25) is 0 Å². The molecule has 0 spiro atoms. The van der Waals surface area contributed by atoms with Gasteiger partial charge in [-0.2, -0.15) is 57.1 Å². The fraction of sp³-hybridized carbons (Fsp3) is 0.625. The van der Waals surface area contributed by atoms with Crippen LogP contribution in [-0.2, 0) is 6.42 Å². The van der Waals surface area contributed by atoms with Crippen molar-refractivity contribution in [2.45, 2.75) is 61.7 Å². The van der Waals surface area contributed by atoms with Crippen LogP contribution in [0.25, 0.3) is 0 Å². The Bertz CT molecular complexity index is 739. The summed E-state index contributed by atoms with van der Waals surface area (Å²) in [5.41, 5.74) is -0.163. The van der Waals surface area contributed by atoms with Gasteiger partial charge in [0.15, 0.2) is 0 Å². The molecule has 174 valence electrons. The maximum Gasteiger partial charge on any atom is 0.460 e. The van der Waals surface area contributed by atoms with Crippen molar-refractivity contribution in [3.05, 3.63) is 35.4 Å². The molecule has 0 aliphatic rings. The second kappa shape index (κ2) is 7.75. The number of alkyl halides is 13. The van der Waals surface area contributed by atoms with Crippen molar-refractivity contribution in [3.63, 3.8) is 0 Å². The molecule has 0 aliphatic carbocycles. The highest BCUT2D eigenvalue weighted by Crippen LogP contribution is 2.61. The average Bonchev–Trinajstić information content (AvgIpc) is 2.59. The third-order valence-electron chi connectivity index (χ3n) is 4.19. The first kappa shape index (κ1) is 26.3. The lowest BCUT2D eigenvalue weighted by atomic mass is 9.90. The van der Waals surface area contributed by atoms with Gasteiger partial charge in [-0.25, -0.2) is 0 Å². The van der Waals surface area contributed by atoms with Gasteiger partial charge in [0.05, 0.1) is 6.10 Å². The van der Waals surface area contributed by atoms with Crippen molar-refractivity contribution < 1.29 is 62.2 Å². The van der Waals surface area contributed by atoms with Crippen LogP contribution in [0.15, 0.2) is 24.3 Å². The summed E-state index contributed by atoms with van der Waals surface area (Å²) in [7, 11) is 0. The third-order valence-corrected chi connectivity index (χ3v) is 4.19. The van der Waals surface area contributed by atoms with E-state index in [1.807, 2.05) is 0 Å². The van der Waals surface area contributed by atoms with Crippen LogP contribution in [0.1, 0.15) is 30.6 Å². The maximum absolute atomic E-state index is 13.8. The lowest BCUT2D eigenvalue weighted by Gasteiger charge is -2.40. The van der Waals surface area contributed by atoms with Crippen LogP contribution in [0.5, 0.6) is 0 Å². The normalized spacial score (nSPS) is 16.0. The van der Waals surface area contributed by atoms with E-state index < -0.39 is 53.9 Å². The van der Waals surface area contributed by atoms with Crippen molar-refractivity contribution in [3.8, 4) is 0 Å². The van der Waals surface area contributed by atoms with Crippen molar-refractivity contribution in [2.24, 2.45) is 0 Å². The van der Waals surface area contributed by atoms with E-state index in [1.54, 1.807) is 6.92 Å². The summed E-state index contributed by atoms with van der Waals surface area (Å²) >= 11 is 0. The van der Waals surface area contributed by atoms with E-state index in [2.05, 4.69) is 0 Å². The second-order valence-electron chi connectivity index (χ2n) is 6.32. The largest absolute Gasteiger partial charge is 0.460 e. The third kappa shape index (κ3) is 4.06. The summed E-state index contributed by atoms with van der Waals surface area (Å²) in [5.74, 6) is -37.3. The molecule has 0 radical (unpaired) electrons. The summed E-state index contributed by atoms with van der Waals surface area (Å²) in [6.07, 6.45) is -12.5. The van der Waals surface area contributed by atoms with Gasteiger partial charge in [-0.3, -0.25) is 0 Å². The van der Waals surface area contributed by atoms with E-state index in [0.29, 0.717) is 5.56 Å². The molecule has 0 bridgehead atoms. The Morgan fingerprint density at radius 3 is 1.63 bits per heavy atom. The smallest absolute Gasteiger partial charge is 0.388 e. The van der Waals surface area contributed by atoms with E-state index in [-0.39, 0.29) is 6.42 Å². The van der Waals surface area contributed by atoms with Gasteiger partial charge < -0.3 is 5.11 Å². The zero-order valence-corrected chi connectivity index (χ0v) is 14.7. The summed E-state index contributed by atoms with van der Waals surface area (Å²) in [4.78, 5) is 0. The maximum atomic E-state index is 13.8. The molecule has 1 N–H and O–H groups in total. The SMILES string of the molecule is CCc1cccc(C(O)CC(F)(F)C(F)(F)C(F)(F)C(F)(F)C(F)(F)C(F)(F)F)c1. The Hall–Kier alpha value is -1.73. The minimum atomic E-state index is -7.95. The lowest BCUT2D eigenvalue weighted by molar-refractivity contribution is -0.440. The molecule has 0 fully saturated rings. The monoisotopic (exact) mass is 468 g/mol. The fourth-order valence-electron chi connectivity index (χ4n) is 2.31. The number of aryl methyl sites for hydroxylation is 1. The number of hydrogen-bond donors (Lipinski definition) is 1. The van der Waals surface area contributed by atoms with Crippen LogP contribution in [0.4, 0.5) is 57.1 Å². The quantitative estimate of drug-likeness (QED) is 0.438. The molecule has 0 saturated heterocycles. The number of rotatable bonds is 8. The topological polar surface area (TPSA) is 20.2 Å². The standard InChI is InChI=1S/C16H13F13O/c1-2-8-4-3-5-9(6-8)10(30)7-11(17,18)12(19,20)13(21,22)14(23,24)15(25,26)16(27,28)29/h3-6,10,30H,2,7H2,1H3. The Balaban J connectivity index is 3.34. The van der Waals surface area contributed by atoms with Crippen LogP contribution in [0.3, 0.4) is 0 Å². The Morgan fingerprint density at radius 2 is 1.20 bits per heavy atom. The lowest BCUT2D eigenvalue weighted by Crippen LogP contribution is -2.70. The molecule has 0 aliphatic heterocycles. The Labute approximate surface area is 160 Å². The van der Waals surface area contributed by atoms with E-state index in [4.69, 9.17) is 0 Å².